The Morgan fingerprint density at radius 2 is 2.06 bits per heavy atom. The SMILES string of the molecule is COC(C)(C)C(O)Cc1cc(F)ccc1C. The van der Waals surface area contributed by atoms with Crippen LogP contribution in [0.3, 0.4) is 0 Å². The van der Waals surface area contributed by atoms with E-state index in [1.807, 2.05) is 20.8 Å². The molecule has 0 aromatic heterocycles. The molecule has 1 unspecified atom stereocenters. The van der Waals surface area contributed by atoms with Crippen LogP contribution in [-0.2, 0) is 11.2 Å². The molecule has 2 nitrogen and oxygen atoms in total. The van der Waals surface area contributed by atoms with E-state index in [2.05, 4.69) is 0 Å². The van der Waals surface area contributed by atoms with Gasteiger partial charge in [0.05, 0.1) is 11.7 Å². The van der Waals surface area contributed by atoms with Gasteiger partial charge in [0.25, 0.3) is 0 Å². The summed E-state index contributed by atoms with van der Waals surface area (Å²) < 4.78 is 18.3. The summed E-state index contributed by atoms with van der Waals surface area (Å²) in [6.07, 6.45) is -0.261. The van der Waals surface area contributed by atoms with Crippen LogP contribution in [0, 0.1) is 12.7 Å². The van der Waals surface area contributed by atoms with Crippen molar-refractivity contribution in [3.05, 3.63) is 35.1 Å². The van der Waals surface area contributed by atoms with Crippen LogP contribution in [0.15, 0.2) is 18.2 Å². The van der Waals surface area contributed by atoms with E-state index in [0.29, 0.717) is 6.42 Å². The summed E-state index contributed by atoms with van der Waals surface area (Å²) >= 11 is 0. The summed E-state index contributed by atoms with van der Waals surface area (Å²) in [5, 5.41) is 10.00. The first kappa shape index (κ1) is 13.1. The lowest BCUT2D eigenvalue weighted by atomic mass is 9.93. The molecule has 90 valence electrons. The van der Waals surface area contributed by atoms with Gasteiger partial charge >= 0.3 is 0 Å². The minimum atomic E-state index is -0.655. The third-order valence-corrected chi connectivity index (χ3v) is 3.05. The Labute approximate surface area is 96.1 Å². The molecule has 0 bridgehead atoms. The molecule has 1 rings (SSSR count). The van der Waals surface area contributed by atoms with Gasteiger partial charge in [-0.15, -0.1) is 0 Å². The highest BCUT2D eigenvalue weighted by molar-refractivity contribution is 5.27. The standard InChI is InChI=1S/C13H19FO2/c1-9-5-6-11(14)7-10(9)8-12(15)13(2,3)16-4/h5-7,12,15H,8H2,1-4H3. The van der Waals surface area contributed by atoms with E-state index in [-0.39, 0.29) is 5.82 Å². The van der Waals surface area contributed by atoms with Crippen LogP contribution >= 0.6 is 0 Å². The number of methoxy groups -OCH3 is 1. The number of aryl methyl sites for hydroxylation is 1. The molecule has 16 heavy (non-hydrogen) atoms. The fourth-order valence-electron chi connectivity index (χ4n) is 1.45. The maximum absolute atomic E-state index is 13.1. The van der Waals surface area contributed by atoms with Gasteiger partial charge in [-0.1, -0.05) is 6.07 Å². The van der Waals surface area contributed by atoms with Gasteiger partial charge in [0, 0.05) is 13.5 Å². The number of ether oxygens (including phenoxy) is 1. The highest BCUT2D eigenvalue weighted by Gasteiger charge is 2.27. The maximum Gasteiger partial charge on any atom is 0.123 e. The Morgan fingerprint density at radius 1 is 1.44 bits per heavy atom. The molecule has 3 heteroatoms. The topological polar surface area (TPSA) is 29.5 Å². The Morgan fingerprint density at radius 3 is 2.62 bits per heavy atom. The first-order valence-corrected chi connectivity index (χ1v) is 5.35. The van der Waals surface area contributed by atoms with E-state index >= 15 is 0 Å². The third kappa shape index (κ3) is 3.03. The van der Waals surface area contributed by atoms with Crippen molar-refractivity contribution >= 4 is 0 Å². The Kier molecular flexibility index (Phi) is 4.05. The van der Waals surface area contributed by atoms with E-state index in [4.69, 9.17) is 4.74 Å². The van der Waals surface area contributed by atoms with Crippen molar-refractivity contribution in [2.75, 3.05) is 7.11 Å². The van der Waals surface area contributed by atoms with Crippen LogP contribution in [-0.4, -0.2) is 23.9 Å². The average molecular weight is 226 g/mol. The predicted octanol–water partition coefficient (Wildman–Crippen LogP) is 2.46. The Bertz CT molecular complexity index is 361. The zero-order valence-electron chi connectivity index (χ0n) is 10.2. The summed E-state index contributed by atoms with van der Waals surface area (Å²) in [7, 11) is 1.56. The summed E-state index contributed by atoms with van der Waals surface area (Å²) in [4.78, 5) is 0. The van der Waals surface area contributed by atoms with Crippen molar-refractivity contribution in [1.82, 2.24) is 0 Å². The van der Waals surface area contributed by atoms with E-state index < -0.39 is 11.7 Å². The molecular weight excluding hydrogens is 207 g/mol. The lowest BCUT2D eigenvalue weighted by Gasteiger charge is -2.29. The van der Waals surface area contributed by atoms with Crippen LogP contribution in [0.5, 0.6) is 0 Å². The number of halogens is 1. The van der Waals surface area contributed by atoms with Gasteiger partial charge in [0.2, 0.25) is 0 Å². The second kappa shape index (κ2) is 4.93. The van der Waals surface area contributed by atoms with Crippen LogP contribution in [0.25, 0.3) is 0 Å². The summed E-state index contributed by atoms with van der Waals surface area (Å²) in [5.41, 5.74) is 1.17. The molecule has 0 saturated heterocycles. The molecule has 0 heterocycles. The van der Waals surface area contributed by atoms with Gasteiger partial charge in [-0.05, 0) is 44.0 Å². The molecule has 0 fully saturated rings. The average Bonchev–Trinajstić information content (AvgIpc) is 2.23. The van der Waals surface area contributed by atoms with E-state index in [1.165, 1.54) is 12.1 Å². The monoisotopic (exact) mass is 226 g/mol. The molecule has 0 aliphatic heterocycles. The highest BCUT2D eigenvalue weighted by Crippen LogP contribution is 2.20. The van der Waals surface area contributed by atoms with Crippen LogP contribution in [0.4, 0.5) is 4.39 Å². The molecule has 0 spiro atoms. The Hall–Kier alpha value is -0.930. The molecule has 1 atom stereocenters. The molecule has 0 saturated carbocycles. The van der Waals surface area contributed by atoms with E-state index in [1.54, 1.807) is 13.2 Å². The van der Waals surface area contributed by atoms with Crippen LogP contribution in [0.2, 0.25) is 0 Å². The van der Waals surface area contributed by atoms with Crippen LogP contribution < -0.4 is 0 Å². The van der Waals surface area contributed by atoms with Gasteiger partial charge < -0.3 is 9.84 Å². The molecule has 0 amide bonds. The second-order valence-electron chi connectivity index (χ2n) is 4.60. The molecule has 0 aliphatic rings. The first-order valence-electron chi connectivity index (χ1n) is 5.35. The summed E-state index contributed by atoms with van der Waals surface area (Å²) in [6.45, 7) is 5.53. The molecular formula is C13H19FO2. The fourth-order valence-corrected chi connectivity index (χ4v) is 1.45. The van der Waals surface area contributed by atoms with Crippen LogP contribution in [0.1, 0.15) is 25.0 Å². The minimum absolute atomic E-state index is 0.275. The van der Waals surface area contributed by atoms with Gasteiger partial charge in [0.15, 0.2) is 0 Å². The maximum atomic E-state index is 13.1. The van der Waals surface area contributed by atoms with Crippen molar-refractivity contribution in [2.24, 2.45) is 0 Å². The number of benzene rings is 1. The number of rotatable bonds is 4. The number of hydrogen-bond acceptors (Lipinski definition) is 2. The molecule has 0 radical (unpaired) electrons. The number of aliphatic hydroxyl groups is 1. The highest BCUT2D eigenvalue weighted by atomic mass is 19.1. The lowest BCUT2D eigenvalue weighted by Crippen LogP contribution is -2.39. The lowest BCUT2D eigenvalue weighted by molar-refractivity contribution is -0.0765. The van der Waals surface area contributed by atoms with Gasteiger partial charge in [-0.25, -0.2) is 4.39 Å². The summed E-state index contributed by atoms with van der Waals surface area (Å²) in [6, 6.07) is 4.61. The normalized spacial score (nSPS) is 13.9. The van der Waals surface area contributed by atoms with Gasteiger partial charge in [-0.2, -0.15) is 0 Å². The molecule has 1 N–H and O–H groups in total. The van der Waals surface area contributed by atoms with Crippen molar-refractivity contribution < 1.29 is 14.2 Å². The van der Waals surface area contributed by atoms with Gasteiger partial charge in [-0.3, -0.25) is 0 Å². The van der Waals surface area contributed by atoms with Gasteiger partial charge in [0.1, 0.15) is 5.82 Å². The van der Waals surface area contributed by atoms with Crippen molar-refractivity contribution in [2.45, 2.75) is 38.9 Å². The number of aliphatic hydroxyl groups excluding tert-OH is 1. The fraction of sp³-hybridized carbons (Fsp3) is 0.538. The zero-order valence-corrected chi connectivity index (χ0v) is 10.2. The third-order valence-electron chi connectivity index (χ3n) is 3.05. The molecule has 1 aromatic carbocycles. The van der Waals surface area contributed by atoms with Crippen molar-refractivity contribution in [1.29, 1.82) is 0 Å². The first-order chi connectivity index (χ1) is 7.36. The second-order valence-corrected chi connectivity index (χ2v) is 4.60. The number of hydrogen-bond donors (Lipinski definition) is 1. The molecule has 0 aliphatic carbocycles. The van der Waals surface area contributed by atoms with Crippen molar-refractivity contribution in [3.8, 4) is 0 Å². The minimum Gasteiger partial charge on any atom is -0.390 e. The molecule has 1 aromatic rings. The van der Waals surface area contributed by atoms with E-state index in [0.717, 1.165) is 11.1 Å². The summed E-state index contributed by atoms with van der Waals surface area (Å²) in [5.74, 6) is -0.275. The Balaban J connectivity index is 2.84. The smallest absolute Gasteiger partial charge is 0.123 e. The largest absolute Gasteiger partial charge is 0.390 e. The van der Waals surface area contributed by atoms with E-state index in [9.17, 15) is 9.50 Å². The zero-order chi connectivity index (χ0) is 12.3. The predicted molar refractivity (Wildman–Crippen MR) is 61.9 cm³/mol. The van der Waals surface area contributed by atoms with Crippen molar-refractivity contribution in [3.63, 3.8) is 0 Å². The quantitative estimate of drug-likeness (QED) is 0.854.